The average molecular weight is 296 g/mol. The maximum atomic E-state index is 12.3. The highest BCUT2D eigenvalue weighted by Crippen LogP contribution is 2.27. The van der Waals surface area contributed by atoms with Crippen LogP contribution in [0.1, 0.15) is 65.2 Å². The number of rotatable bonds is 5. The third-order valence-electron chi connectivity index (χ3n) is 4.67. The zero-order valence-corrected chi connectivity index (χ0v) is 13.2. The van der Waals surface area contributed by atoms with E-state index in [1.54, 1.807) is 18.7 Å². The number of nitrogens with one attached hydrogen (secondary N) is 1. The molecule has 120 valence electrons. The maximum absolute atomic E-state index is 12.3. The van der Waals surface area contributed by atoms with Crippen molar-refractivity contribution >= 4 is 11.8 Å². The highest BCUT2D eigenvalue weighted by molar-refractivity contribution is 5.84. The van der Waals surface area contributed by atoms with Crippen molar-refractivity contribution in [2.24, 2.45) is 0 Å². The fourth-order valence-electron chi connectivity index (χ4n) is 3.53. The third-order valence-corrected chi connectivity index (χ3v) is 4.67. The van der Waals surface area contributed by atoms with Crippen LogP contribution < -0.4 is 5.32 Å². The number of carbonyl (C=O) groups is 2. The molecule has 0 aromatic carbocycles. The number of hydrogen-bond donors (Lipinski definition) is 2. The Morgan fingerprint density at radius 2 is 1.81 bits per heavy atom. The lowest BCUT2D eigenvalue weighted by atomic mass is 9.96. The van der Waals surface area contributed by atoms with Crippen LogP contribution >= 0.6 is 0 Å². The van der Waals surface area contributed by atoms with Gasteiger partial charge < -0.3 is 15.3 Å². The van der Waals surface area contributed by atoms with Crippen LogP contribution in [0.2, 0.25) is 0 Å². The number of carbonyl (C=O) groups excluding carboxylic acids is 2. The van der Waals surface area contributed by atoms with Crippen LogP contribution in [0.15, 0.2) is 0 Å². The van der Waals surface area contributed by atoms with Gasteiger partial charge >= 0.3 is 0 Å². The van der Waals surface area contributed by atoms with E-state index in [2.05, 4.69) is 5.32 Å². The van der Waals surface area contributed by atoms with Crippen molar-refractivity contribution in [3.63, 3.8) is 0 Å². The van der Waals surface area contributed by atoms with E-state index in [0.29, 0.717) is 12.6 Å². The minimum absolute atomic E-state index is 0.0128. The number of hydrogen-bond acceptors (Lipinski definition) is 3. The summed E-state index contributed by atoms with van der Waals surface area (Å²) in [4.78, 5) is 25.9. The molecule has 0 radical (unpaired) electrons. The van der Waals surface area contributed by atoms with Gasteiger partial charge in [0.15, 0.2) is 0 Å². The molecule has 5 heteroatoms. The highest BCUT2D eigenvalue weighted by Gasteiger charge is 2.38. The first-order chi connectivity index (χ1) is 9.88. The summed E-state index contributed by atoms with van der Waals surface area (Å²) >= 11 is 0. The van der Waals surface area contributed by atoms with E-state index in [9.17, 15) is 14.7 Å². The minimum atomic E-state index is -0.877. The summed E-state index contributed by atoms with van der Waals surface area (Å²) in [6, 6.07) is 0.186. The molecule has 1 heterocycles. The second-order valence-electron chi connectivity index (χ2n) is 6.95. The quantitative estimate of drug-likeness (QED) is 0.809. The van der Waals surface area contributed by atoms with Crippen LogP contribution in [-0.4, -0.2) is 46.1 Å². The molecule has 1 atom stereocenters. The molecule has 21 heavy (non-hydrogen) atoms. The predicted octanol–water partition coefficient (Wildman–Crippen LogP) is 1.59. The molecule has 2 amide bonds. The van der Waals surface area contributed by atoms with Gasteiger partial charge in [-0.1, -0.05) is 12.8 Å². The van der Waals surface area contributed by atoms with E-state index in [0.717, 1.165) is 25.7 Å². The van der Waals surface area contributed by atoms with Crippen molar-refractivity contribution in [1.29, 1.82) is 0 Å². The molecule has 1 saturated heterocycles. The number of aliphatic hydroxyl groups is 1. The van der Waals surface area contributed by atoms with Crippen LogP contribution in [-0.2, 0) is 9.59 Å². The van der Waals surface area contributed by atoms with Gasteiger partial charge in [-0.05, 0) is 39.5 Å². The van der Waals surface area contributed by atoms with Crippen LogP contribution in [0.25, 0.3) is 0 Å². The summed E-state index contributed by atoms with van der Waals surface area (Å²) in [6.45, 7) is 4.18. The Labute approximate surface area is 127 Å². The average Bonchev–Trinajstić information content (AvgIpc) is 3.05. The molecule has 0 aromatic heterocycles. The summed E-state index contributed by atoms with van der Waals surface area (Å²) in [5, 5.41) is 13.1. The summed E-state index contributed by atoms with van der Waals surface area (Å²) < 4.78 is 0. The van der Waals surface area contributed by atoms with Gasteiger partial charge in [0.05, 0.1) is 11.6 Å². The lowest BCUT2D eigenvalue weighted by Crippen LogP contribution is -2.48. The highest BCUT2D eigenvalue weighted by atomic mass is 16.3. The molecule has 5 nitrogen and oxygen atoms in total. The van der Waals surface area contributed by atoms with Crippen LogP contribution in [0.5, 0.6) is 0 Å². The van der Waals surface area contributed by atoms with Crippen LogP contribution in [0.4, 0.5) is 0 Å². The molecule has 2 rings (SSSR count). The Morgan fingerprint density at radius 1 is 1.14 bits per heavy atom. The maximum Gasteiger partial charge on any atom is 0.223 e. The van der Waals surface area contributed by atoms with Gasteiger partial charge in [-0.3, -0.25) is 9.59 Å². The Balaban J connectivity index is 1.77. The standard InChI is InChI=1S/C16H28N2O3/c1-16(2,21)13-8-5-11-18(13)15(20)10-9-14(19)17-12-6-3-4-7-12/h12-13,21H,3-11H2,1-2H3,(H,17,19). The molecular formula is C16H28N2O3. The van der Waals surface area contributed by atoms with Crippen molar-refractivity contribution in [2.45, 2.75) is 82.9 Å². The van der Waals surface area contributed by atoms with Crippen molar-refractivity contribution in [1.82, 2.24) is 10.2 Å². The largest absolute Gasteiger partial charge is 0.388 e. The van der Waals surface area contributed by atoms with Gasteiger partial charge in [-0.25, -0.2) is 0 Å². The van der Waals surface area contributed by atoms with Gasteiger partial charge in [-0.15, -0.1) is 0 Å². The second-order valence-corrected chi connectivity index (χ2v) is 6.95. The predicted molar refractivity (Wildman–Crippen MR) is 80.7 cm³/mol. The summed E-state index contributed by atoms with van der Waals surface area (Å²) in [7, 11) is 0. The molecule has 2 N–H and O–H groups in total. The van der Waals surface area contributed by atoms with Crippen molar-refractivity contribution in [2.75, 3.05) is 6.54 Å². The first-order valence-electron chi connectivity index (χ1n) is 8.19. The molecule has 1 aliphatic carbocycles. The second kappa shape index (κ2) is 6.77. The Hall–Kier alpha value is -1.10. The van der Waals surface area contributed by atoms with Crippen LogP contribution in [0.3, 0.4) is 0 Å². The minimum Gasteiger partial charge on any atom is -0.388 e. The fraction of sp³-hybridized carbons (Fsp3) is 0.875. The van der Waals surface area contributed by atoms with Crippen molar-refractivity contribution < 1.29 is 14.7 Å². The van der Waals surface area contributed by atoms with Crippen LogP contribution in [0, 0.1) is 0 Å². The Bertz CT molecular complexity index is 383. The van der Waals surface area contributed by atoms with E-state index in [-0.39, 0.29) is 30.7 Å². The number of nitrogens with zero attached hydrogens (tertiary/aromatic N) is 1. The lowest BCUT2D eigenvalue weighted by Gasteiger charge is -2.33. The van der Waals surface area contributed by atoms with E-state index in [1.807, 2.05) is 0 Å². The molecule has 2 aliphatic rings. The monoisotopic (exact) mass is 296 g/mol. The topological polar surface area (TPSA) is 69.6 Å². The van der Waals surface area contributed by atoms with Gasteiger partial charge in [0.2, 0.25) is 11.8 Å². The summed E-state index contributed by atoms with van der Waals surface area (Å²) in [6.07, 6.45) is 6.75. The normalized spacial score (nSPS) is 23.6. The molecule has 0 spiro atoms. The lowest BCUT2D eigenvalue weighted by molar-refractivity contribution is -0.138. The summed E-state index contributed by atoms with van der Waals surface area (Å²) in [5.41, 5.74) is -0.877. The van der Waals surface area contributed by atoms with Crippen molar-refractivity contribution in [3.8, 4) is 0 Å². The smallest absolute Gasteiger partial charge is 0.223 e. The van der Waals surface area contributed by atoms with Gasteiger partial charge in [0, 0.05) is 25.4 Å². The number of likely N-dealkylation sites (tertiary alicyclic amines) is 1. The molecule has 2 fully saturated rings. The Kier molecular flexibility index (Phi) is 5.25. The summed E-state index contributed by atoms with van der Waals surface area (Å²) in [5.74, 6) is -0.0320. The zero-order valence-electron chi connectivity index (χ0n) is 13.2. The van der Waals surface area contributed by atoms with Gasteiger partial charge in [-0.2, -0.15) is 0 Å². The van der Waals surface area contributed by atoms with E-state index < -0.39 is 5.60 Å². The molecule has 1 aliphatic heterocycles. The SMILES string of the molecule is CC(C)(O)C1CCCN1C(=O)CCC(=O)NC1CCCC1. The van der Waals surface area contributed by atoms with Gasteiger partial charge in [0.25, 0.3) is 0 Å². The van der Waals surface area contributed by atoms with E-state index in [4.69, 9.17) is 0 Å². The van der Waals surface area contributed by atoms with Gasteiger partial charge in [0.1, 0.15) is 0 Å². The first-order valence-corrected chi connectivity index (χ1v) is 8.19. The molecule has 0 aromatic rings. The first kappa shape index (κ1) is 16.3. The van der Waals surface area contributed by atoms with E-state index in [1.165, 1.54) is 12.8 Å². The Morgan fingerprint density at radius 3 is 2.43 bits per heavy atom. The molecule has 1 saturated carbocycles. The van der Waals surface area contributed by atoms with E-state index >= 15 is 0 Å². The third kappa shape index (κ3) is 4.43. The zero-order chi connectivity index (χ0) is 15.5. The molecule has 1 unspecified atom stereocenters. The number of amides is 2. The fourth-order valence-corrected chi connectivity index (χ4v) is 3.53. The molecule has 0 bridgehead atoms. The molecular weight excluding hydrogens is 268 g/mol. The van der Waals surface area contributed by atoms with Crippen molar-refractivity contribution in [3.05, 3.63) is 0 Å².